The number of anilines is 2. The molecular weight excluding hydrogens is 456 g/mol. The zero-order valence-electron chi connectivity index (χ0n) is 19.9. The third kappa shape index (κ3) is 3.21. The zero-order valence-corrected chi connectivity index (χ0v) is 19.9. The van der Waals surface area contributed by atoms with Crippen molar-refractivity contribution in [3.8, 4) is 11.4 Å². The molecule has 0 spiro atoms. The Kier molecular flexibility index (Phi) is 5.08. The van der Waals surface area contributed by atoms with E-state index in [-0.39, 0.29) is 18.6 Å². The van der Waals surface area contributed by atoms with Gasteiger partial charge in [0.2, 0.25) is 0 Å². The Morgan fingerprint density at radius 2 is 1.94 bits per heavy atom. The van der Waals surface area contributed by atoms with Crippen molar-refractivity contribution in [1.29, 1.82) is 0 Å². The molecule has 2 aromatic carbocycles. The van der Waals surface area contributed by atoms with Gasteiger partial charge in [0.1, 0.15) is 6.61 Å². The summed E-state index contributed by atoms with van der Waals surface area (Å²) in [4.78, 5) is 30.9. The summed E-state index contributed by atoms with van der Waals surface area (Å²) in [5.41, 5.74) is 10.3. The molecule has 4 N–H and O–H groups in total. The van der Waals surface area contributed by atoms with Crippen molar-refractivity contribution in [3.63, 3.8) is 0 Å². The molecule has 36 heavy (non-hydrogen) atoms. The van der Waals surface area contributed by atoms with Gasteiger partial charge in [-0.2, -0.15) is 0 Å². The first-order valence-corrected chi connectivity index (χ1v) is 12.1. The summed E-state index contributed by atoms with van der Waals surface area (Å²) in [5.74, 6) is -0.734. The molecule has 2 aromatic heterocycles. The fourth-order valence-electron chi connectivity index (χ4n) is 5.33. The van der Waals surface area contributed by atoms with Gasteiger partial charge in [-0.1, -0.05) is 43.3 Å². The Labute approximate surface area is 207 Å². The smallest absolute Gasteiger partial charge is 0.343 e. The second-order valence-corrected chi connectivity index (χ2v) is 9.32. The van der Waals surface area contributed by atoms with Crippen molar-refractivity contribution in [2.24, 2.45) is 0 Å². The van der Waals surface area contributed by atoms with Crippen LogP contribution in [0.25, 0.3) is 22.3 Å². The molecule has 6 rings (SSSR count). The minimum absolute atomic E-state index is 0.0998. The number of hydrogen-bond donors (Lipinski definition) is 3. The summed E-state index contributed by atoms with van der Waals surface area (Å²) >= 11 is 0. The van der Waals surface area contributed by atoms with Crippen LogP contribution in [0.3, 0.4) is 0 Å². The molecule has 182 valence electrons. The number of nitrogens with zero attached hydrogens (tertiary/aromatic N) is 2. The van der Waals surface area contributed by atoms with Crippen LogP contribution in [0.1, 0.15) is 35.6 Å². The van der Waals surface area contributed by atoms with E-state index in [9.17, 15) is 14.7 Å². The van der Waals surface area contributed by atoms with Crippen LogP contribution in [0.2, 0.25) is 0 Å². The molecular formula is C28H26N4O4. The van der Waals surface area contributed by atoms with Crippen molar-refractivity contribution in [2.45, 2.75) is 38.5 Å². The van der Waals surface area contributed by atoms with E-state index < -0.39 is 11.6 Å². The molecule has 0 radical (unpaired) electrons. The highest BCUT2D eigenvalue weighted by Crippen LogP contribution is 2.43. The van der Waals surface area contributed by atoms with Gasteiger partial charge in [0.15, 0.2) is 5.60 Å². The van der Waals surface area contributed by atoms with Crippen molar-refractivity contribution in [2.75, 3.05) is 17.6 Å². The van der Waals surface area contributed by atoms with E-state index in [0.717, 1.165) is 23.1 Å². The van der Waals surface area contributed by atoms with Crippen LogP contribution < -0.4 is 16.6 Å². The number of cyclic esters (lactones) is 1. The van der Waals surface area contributed by atoms with Crippen LogP contribution in [-0.2, 0) is 34.7 Å². The van der Waals surface area contributed by atoms with Gasteiger partial charge in [-0.15, -0.1) is 0 Å². The number of nitrogen functional groups attached to an aromatic ring is 1. The number of nitrogens with one attached hydrogen (secondary N) is 1. The number of hydrogen-bond acceptors (Lipinski definition) is 7. The molecule has 0 saturated heterocycles. The number of carbonyl (C=O) groups is 1. The van der Waals surface area contributed by atoms with E-state index in [1.807, 2.05) is 36.4 Å². The summed E-state index contributed by atoms with van der Waals surface area (Å²) in [5, 5.41) is 15.5. The number of aromatic nitrogens is 2. The second kappa shape index (κ2) is 8.20. The number of pyridine rings is 2. The summed E-state index contributed by atoms with van der Waals surface area (Å²) < 4.78 is 6.82. The number of nitrogens with two attached hydrogens (primary N) is 1. The van der Waals surface area contributed by atoms with Crippen LogP contribution in [-0.4, -0.2) is 27.2 Å². The molecule has 4 aromatic rings. The van der Waals surface area contributed by atoms with Crippen LogP contribution in [0, 0.1) is 0 Å². The number of ether oxygens (including phenoxy) is 1. The number of fused-ring (bicyclic) bond motifs is 5. The Morgan fingerprint density at radius 1 is 1.14 bits per heavy atom. The molecule has 0 bridgehead atoms. The molecule has 0 amide bonds. The summed E-state index contributed by atoms with van der Waals surface area (Å²) in [6, 6.07) is 17.5. The molecule has 0 unspecified atom stereocenters. The van der Waals surface area contributed by atoms with E-state index in [0.29, 0.717) is 46.8 Å². The fourth-order valence-corrected chi connectivity index (χ4v) is 5.33. The van der Waals surface area contributed by atoms with Crippen molar-refractivity contribution in [3.05, 3.63) is 87.2 Å². The second-order valence-electron chi connectivity index (χ2n) is 9.32. The average Bonchev–Trinajstić information content (AvgIpc) is 3.26. The van der Waals surface area contributed by atoms with E-state index in [4.69, 9.17) is 15.5 Å². The minimum Gasteiger partial charge on any atom is -0.458 e. The van der Waals surface area contributed by atoms with E-state index in [1.54, 1.807) is 17.6 Å². The van der Waals surface area contributed by atoms with Gasteiger partial charge in [0, 0.05) is 28.7 Å². The Bertz CT molecular complexity index is 1600. The molecule has 0 saturated carbocycles. The fraction of sp³-hybridized carbons (Fsp3) is 0.250. The van der Waals surface area contributed by atoms with Crippen LogP contribution >= 0.6 is 0 Å². The normalized spacial score (nSPS) is 17.9. The lowest BCUT2D eigenvalue weighted by molar-refractivity contribution is -0.172. The van der Waals surface area contributed by atoms with Gasteiger partial charge in [0.25, 0.3) is 5.56 Å². The minimum atomic E-state index is -1.86. The van der Waals surface area contributed by atoms with Gasteiger partial charge in [-0.3, -0.25) is 4.79 Å². The quantitative estimate of drug-likeness (QED) is 0.260. The maximum absolute atomic E-state index is 13.5. The molecule has 8 nitrogen and oxygen atoms in total. The third-order valence-corrected chi connectivity index (χ3v) is 7.30. The number of benzene rings is 2. The molecule has 4 heterocycles. The highest BCUT2D eigenvalue weighted by molar-refractivity contribution is 6.04. The third-order valence-electron chi connectivity index (χ3n) is 7.30. The highest BCUT2D eigenvalue weighted by atomic mass is 16.6. The van der Waals surface area contributed by atoms with Gasteiger partial charge in [-0.25, -0.2) is 9.78 Å². The predicted molar refractivity (Wildman–Crippen MR) is 138 cm³/mol. The van der Waals surface area contributed by atoms with Gasteiger partial charge < -0.3 is 25.5 Å². The largest absolute Gasteiger partial charge is 0.458 e. The van der Waals surface area contributed by atoms with E-state index in [2.05, 4.69) is 17.4 Å². The number of rotatable bonds is 5. The maximum atomic E-state index is 13.5. The first kappa shape index (κ1) is 22.3. The van der Waals surface area contributed by atoms with Crippen LogP contribution in [0.15, 0.2) is 59.4 Å². The monoisotopic (exact) mass is 482 g/mol. The lowest BCUT2D eigenvalue weighted by atomic mass is 9.86. The average molecular weight is 483 g/mol. The molecule has 8 heteroatoms. The summed E-state index contributed by atoms with van der Waals surface area (Å²) in [6.07, 6.45) is 0.916. The van der Waals surface area contributed by atoms with Gasteiger partial charge in [-0.05, 0) is 36.6 Å². The molecule has 2 aliphatic rings. The van der Waals surface area contributed by atoms with E-state index >= 15 is 0 Å². The van der Waals surface area contributed by atoms with Crippen LogP contribution in [0.4, 0.5) is 11.4 Å². The standard InChI is InChI=1S/C28H26N4O4/c1-2-28(35)19-13-22-24-17(14-32(22)26(33)18(19)15-36-27(28)34)25(23-20(29)9-6-10-21(23)31-24)30-12-11-16-7-4-3-5-8-16/h3-10,13,35H,2,11-12,14-15,29H2,1H3,(H,30,31)/t28-/m0/s1. The zero-order chi connectivity index (χ0) is 25.0. The lowest BCUT2D eigenvalue weighted by Gasteiger charge is -2.31. The first-order chi connectivity index (χ1) is 17.4. The predicted octanol–water partition coefficient (Wildman–Crippen LogP) is 3.32. The lowest BCUT2D eigenvalue weighted by Crippen LogP contribution is -2.44. The van der Waals surface area contributed by atoms with Crippen molar-refractivity contribution in [1.82, 2.24) is 9.55 Å². The highest BCUT2D eigenvalue weighted by Gasteiger charge is 2.45. The van der Waals surface area contributed by atoms with Crippen molar-refractivity contribution < 1.29 is 14.6 Å². The number of aliphatic hydroxyl groups is 1. The summed E-state index contributed by atoms with van der Waals surface area (Å²) in [7, 11) is 0. The molecule has 2 aliphatic heterocycles. The first-order valence-electron chi connectivity index (χ1n) is 12.1. The SMILES string of the molecule is CC[C@@]1(O)C(=O)OCc2c1cc1n(c2=O)Cc2c-1nc1cccc(N)c1c2NCCc1ccccc1. The van der Waals surface area contributed by atoms with Crippen LogP contribution in [0.5, 0.6) is 0 Å². The number of carbonyl (C=O) groups excluding carboxylic acids is 1. The maximum Gasteiger partial charge on any atom is 0.343 e. The Morgan fingerprint density at radius 3 is 2.72 bits per heavy atom. The number of esters is 1. The van der Waals surface area contributed by atoms with Gasteiger partial charge in [0.05, 0.1) is 34.7 Å². The topological polar surface area (TPSA) is 119 Å². The Hall–Kier alpha value is -4.17. The molecule has 1 atom stereocenters. The molecule has 0 aliphatic carbocycles. The van der Waals surface area contributed by atoms with E-state index in [1.165, 1.54) is 5.56 Å². The summed E-state index contributed by atoms with van der Waals surface area (Å²) in [6.45, 7) is 2.51. The molecule has 0 fully saturated rings. The Balaban J connectivity index is 1.51. The van der Waals surface area contributed by atoms with Crippen molar-refractivity contribution >= 4 is 28.2 Å². The van der Waals surface area contributed by atoms with Gasteiger partial charge >= 0.3 is 5.97 Å².